The molecular formula is C24H27ClN5O3-. The van der Waals surface area contributed by atoms with Gasteiger partial charge in [-0.05, 0) is 42.7 Å². The number of rotatable bonds is 6. The van der Waals surface area contributed by atoms with Crippen LogP contribution in [0.2, 0.25) is 5.28 Å². The third-order valence-electron chi connectivity index (χ3n) is 5.04. The highest BCUT2D eigenvalue weighted by Gasteiger charge is 2.17. The summed E-state index contributed by atoms with van der Waals surface area (Å²) in [4.78, 5) is 21.1. The largest absolute Gasteiger partial charge is 0.858 e. The van der Waals surface area contributed by atoms with E-state index >= 15 is 0 Å². The first kappa shape index (κ1) is 24.4. The lowest BCUT2D eigenvalue weighted by molar-refractivity contribution is -0.278. The topological polar surface area (TPSA) is 88.2 Å². The number of hydrogen-bond acceptors (Lipinski definition) is 6. The van der Waals surface area contributed by atoms with Crippen LogP contribution in [0.3, 0.4) is 0 Å². The predicted octanol–water partition coefficient (Wildman–Crippen LogP) is 2.70. The number of nitrogens with zero attached hydrogens (tertiary/aromatic N) is 5. The number of aromatic nitrogens is 4. The van der Waals surface area contributed by atoms with Gasteiger partial charge in [-0.2, -0.15) is 4.98 Å². The van der Waals surface area contributed by atoms with Crippen LogP contribution in [0.15, 0.2) is 65.5 Å². The summed E-state index contributed by atoms with van der Waals surface area (Å²) in [5.74, 6) is -0.273. The van der Waals surface area contributed by atoms with E-state index < -0.39 is 11.6 Å². The summed E-state index contributed by atoms with van der Waals surface area (Å²) in [5.41, 5.74) is 2.07. The van der Waals surface area contributed by atoms with Crippen LogP contribution < -0.4 is 10.8 Å². The number of benzene rings is 2. The maximum Gasteiger partial charge on any atom is 0.328 e. The van der Waals surface area contributed by atoms with E-state index in [2.05, 4.69) is 77.5 Å². The van der Waals surface area contributed by atoms with Crippen LogP contribution in [0.25, 0.3) is 11.5 Å². The van der Waals surface area contributed by atoms with Gasteiger partial charge in [-0.1, -0.05) is 60.7 Å². The Bertz CT molecular complexity index is 1150. The van der Waals surface area contributed by atoms with Crippen molar-refractivity contribution >= 4 is 11.6 Å². The first-order chi connectivity index (χ1) is 15.8. The Morgan fingerprint density at radius 1 is 0.970 bits per heavy atom. The Labute approximate surface area is 198 Å². The molecule has 0 bridgehead atoms. The number of ether oxygens (including phenoxy) is 1. The average Bonchev–Trinajstić information content (AvgIpc) is 3.22. The second kappa shape index (κ2) is 11.1. The Balaban J connectivity index is 0.000000194. The number of likely N-dealkylation sites (N-methyl/N-ethyl adjacent to an activating group) is 1. The van der Waals surface area contributed by atoms with Gasteiger partial charge < -0.3 is 19.3 Å². The summed E-state index contributed by atoms with van der Waals surface area (Å²) in [7, 11) is 7.01. The van der Waals surface area contributed by atoms with Crippen molar-refractivity contribution in [1.82, 2.24) is 24.0 Å². The second-order valence-corrected chi connectivity index (χ2v) is 8.08. The molecule has 0 aromatic heterocycles. The summed E-state index contributed by atoms with van der Waals surface area (Å²) in [6.45, 7) is 1.65. The van der Waals surface area contributed by atoms with Crippen LogP contribution in [0.4, 0.5) is 0 Å². The molecule has 9 heteroatoms. The van der Waals surface area contributed by atoms with Gasteiger partial charge >= 0.3 is 5.69 Å². The highest BCUT2D eigenvalue weighted by atomic mass is 35.5. The molecule has 8 nitrogen and oxygen atoms in total. The van der Waals surface area contributed by atoms with E-state index in [9.17, 15) is 9.90 Å². The average molecular weight is 469 g/mol. The molecule has 2 aliphatic heterocycles. The minimum Gasteiger partial charge on any atom is -0.858 e. The Morgan fingerprint density at radius 3 is 2.03 bits per heavy atom. The predicted molar refractivity (Wildman–Crippen MR) is 127 cm³/mol. The van der Waals surface area contributed by atoms with Crippen LogP contribution in [0, 0.1) is 0 Å². The lowest BCUT2D eigenvalue weighted by atomic mass is 10.0. The molecule has 0 fully saturated rings. The van der Waals surface area contributed by atoms with Crippen molar-refractivity contribution in [2.75, 3.05) is 27.2 Å². The van der Waals surface area contributed by atoms with Crippen molar-refractivity contribution in [2.24, 2.45) is 14.1 Å². The Morgan fingerprint density at radius 2 is 1.52 bits per heavy atom. The van der Waals surface area contributed by atoms with Gasteiger partial charge in [0.15, 0.2) is 5.82 Å². The molecule has 0 atom stereocenters. The van der Waals surface area contributed by atoms with Crippen molar-refractivity contribution in [3.05, 3.63) is 87.6 Å². The molecule has 0 saturated carbocycles. The molecule has 174 valence electrons. The van der Waals surface area contributed by atoms with E-state index in [0.29, 0.717) is 0 Å². The zero-order valence-electron chi connectivity index (χ0n) is 19.1. The fourth-order valence-corrected chi connectivity index (χ4v) is 3.40. The molecule has 0 saturated heterocycles. The molecule has 33 heavy (non-hydrogen) atoms. The molecule has 2 aromatic carbocycles. The minimum atomic E-state index is -0.484. The van der Waals surface area contributed by atoms with E-state index in [-0.39, 0.29) is 22.9 Å². The maximum absolute atomic E-state index is 11.5. The smallest absolute Gasteiger partial charge is 0.328 e. The second-order valence-electron chi connectivity index (χ2n) is 7.75. The number of hydrogen-bond donors (Lipinski definition) is 0. The molecule has 0 spiro atoms. The number of imidazole rings is 1. The van der Waals surface area contributed by atoms with Crippen LogP contribution in [0.1, 0.15) is 17.2 Å². The Kier molecular flexibility index (Phi) is 8.21. The van der Waals surface area contributed by atoms with Gasteiger partial charge in [-0.15, -0.1) is 0 Å². The molecule has 2 aromatic rings. The summed E-state index contributed by atoms with van der Waals surface area (Å²) in [6.07, 6.45) is 0.0161. The molecule has 0 amide bonds. The molecule has 4 rings (SSSR count). The fraction of sp³-hybridized carbons (Fsp3) is 0.292. The third-order valence-corrected chi connectivity index (χ3v) is 5.21. The first-order valence-corrected chi connectivity index (χ1v) is 10.8. The lowest BCUT2D eigenvalue weighted by Gasteiger charge is -2.20. The van der Waals surface area contributed by atoms with Crippen molar-refractivity contribution in [1.29, 1.82) is 0 Å². The molecular weight excluding hydrogens is 442 g/mol. The first-order valence-electron chi connectivity index (χ1n) is 10.4. The van der Waals surface area contributed by atoms with Gasteiger partial charge in [0.2, 0.25) is 5.28 Å². The molecule has 2 aliphatic rings. The molecule has 0 N–H and O–H groups in total. The molecule has 0 radical (unpaired) electrons. The summed E-state index contributed by atoms with van der Waals surface area (Å²) in [6, 6.07) is 20.8. The molecule has 0 unspecified atom stereocenters. The van der Waals surface area contributed by atoms with Crippen LogP contribution in [-0.4, -0.2) is 51.2 Å². The van der Waals surface area contributed by atoms with Crippen molar-refractivity contribution in [2.45, 2.75) is 6.10 Å². The van der Waals surface area contributed by atoms with Gasteiger partial charge in [0, 0.05) is 20.6 Å². The van der Waals surface area contributed by atoms with E-state index in [0.717, 1.165) is 17.7 Å². The highest BCUT2D eigenvalue weighted by Crippen LogP contribution is 2.26. The van der Waals surface area contributed by atoms with Crippen molar-refractivity contribution in [3.8, 4) is 17.4 Å². The normalized spacial score (nSPS) is 11.1. The molecule has 2 heterocycles. The lowest BCUT2D eigenvalue weighted by Crippen LogP contribution is -2.31. The van der Waals surface area contributed by atoms with Gasteiger partial charge in [0.05, 0.1) is 6.61 Å². The monoisotopic (exact) mass is 468 g/mol. The zero-order chi connectivity index (χ0) is 24.0. The van der Waals surface area contributed by atoms with Gasteiger partial charge in [-0.3, -0.25) is 4.57 Å². The fourth-order valence-electron chi connectivity index (χ4n) is 3.24. The quantitative estimate of drug-likeness (QED) is 0.404. The highest BCUT2D eigenvalue weighted by molar-refractivity contribution is 6.28. The SMILES string of the molecule is CN(C)CCOC(c1ccccc1)c1ccccc1.Cn1c2nc(Cl)nc-2c([O-])n(C)c1=O. The summed E-state index contributed by atoms with van der Waals surface area (Å²) in [5, 5.41) is 11.5. The van der Waals surface area contributed by atoms with Gasteiger partial charge in [0.1, 0.15) is 11.8 Å². The Hall–Kier alpha value is -3.20. The summed E-state index contributed by atoms with van der Waals surface area (Å²) >= 11 is 5.55. The minimum absolute atomic E-state index is 0.0161. The van der Waals surface area contributed by atoms with E-state index in [1.807, 2.05) is 12.1 Å². The van der Waals surface area contributed by atoms with Gasteiger partial charge in [0.25, 0.3) is 0 Å². The van der Waals surface area contributed by atoms with E-state index in [1.54, 1.807) is 0 Å². The van der Waals surface area contributed by atoms with E-state index in [1.165, 1.54) is 29.8 Å². The zero-order valence-corrected chi connectivity index (χ0v) is 19.9. The number of fused-ring (bicyclic) bond motifs is 1. The molecule has 0 aliphatic carbocycles. The summed E-state index contributed by atoms with van der Waals surface area (Å²) < 4.78 is 8.28. The van der Waals surface area contributed by atoms with Crippen molar-refractivity contribution in [3.63, 3.8) is 0 Å². The maximum atomic E-state index is 11.5. The van der Waals surface area contributed by atoms with Crippen LogP contribution in [0.5, 0.6) is 5.88 Å². The van der Waals surface area contributed by atoms with Crippen molar-refractivity contribution < 1.29 is 9.84 Å². The number of halogens is 1. The van der Waals surface area contributed by atoms with Crippen LogP contribution in [-0.2, 0) is 18.8 Å². The third kappa shape index (κ3) is 5.98. The standard InChI is InChI=1S/C17H21NO.C7H7ClN4O2/c1-18(2)13-14-19-17(15-9-5-3-6-10-15)16-11-7-4-8-12-16;1-11-4-3(9-6(8)10-4)5(13)12(2)7(11)14/h3-12,17H,13-14H2,1-2H3;13H,1-2H3/p-1. The van der Waals surface area contributed by atoms with Crippen LogP contribution >= 0.6 is 11.6 Å². The van der Waals surface area contributed by atoms with Gasteiger partial charge in [-0.25, -0.2) is 9.78 Å². The van der Waals surface area contributed by atoms with E-state index in [4.69, 9.17) is 16.3 Å².